The molecule has 3 heterocycles. The first kappa shape index (κ1) is 35.9. The Balaban J connectivity index is 1.32. The number of morpholine rings is 1. The number of aryl methyl sites for hydroxylation is 1. The van der Waals surface area contributed by atoms with Gasteiger partial charge < -0.3 is 29.9 Å². The summed E-state index contributed by atoms with van der Waals surface area (Å²) in [7, 11) is 0. The Bertz CT molecular complexity index is 1550. The molecule has 4 unspecified atom stereocenters. The number of aromatic nitrogens is 1. The minimum absolute atomic E-state index is 0.0604. The van der Waals surface area contributed by atoms with E-state index in [0.717, 1.165) is 24.2 Å². The lowest BCUT2D eigenvalue weighted by atomic mass is 9.93. The van der Waals surface area contributed by atoms with E-state index in [2.05, 4.69) is 26.0 Å². The molecule has 0 spiro atoms. The molecular weight excluding hydrogens is 626 g/mol. The third-order valence-electron chi connectivity index (χ3n) is 8.82. The number of Topliss-reactive ketones (excluding diaryl/α,β-unsaturated/α-hetero) is 1. The van der Waals surface area contributed by atoms with E-state index in [4.69, 9.17) is 14.0 Å². The van der Waals surface area contributed by atoms with Gasteiger partial charge in [0.15, 0.2) is 17.2 Å². The highest BCUT2D eigenvalue weighted by atomic mass is 16.6. The molecule has 2 fully saturated rings. The van der Waals surface area contributed by atoms with E-state index in [9.17, 15) is 19.2 Å². The van der Waals surface area contributed by atoms with E-state index in [0.29, 0.717) is 45.0 Å². The van der Waals surface area contributed by atoms with Crippen LogP contribution in [0.1, 0.15) is 61.0 Å². The number of rotatable bonds is 17. The Morgan fingerprint density at radius 3 is 2.10 bits per heavy atom. The van der Waals surface area contributed by atoms with Gasteiger partial charge in [0, 0.05) is 25.6 Å². The van der Waals surface area contributed by atoms with Crippen molar-refractivity contribution in [1.29, 1.82) is 0 Å². The predicted molar refractivity (Wildman–Crippen MR) is 181 cm³/mol. The first-order valence-corrected chi connectivity index (χ1v) is 17.0. The summed E-state index contributed by atoms with van der Waals surface area (Å²) in [6.45, 7) is 9.24. The van der Waals surface area contributed by atoms with Crippen LogP contribution in [-0.2, 0) is 43.2 Å². The van der Waals surface area contributed by atoms with Gasteiger partial charge in [0.25, 0.3) is 5.91 Å². The van der Waals surface area contributed by atoms with Crippen LogP contribution in [-0.4, -0.2) is 90.2 Å². The Morgan fingerprint density at radius 2 is 1.47 bits per heavy atom. The highest BCUT2D eigenvalue weighted by Gasteiger charge is 2.50. The molecule has 49 heavy (non-hydrogen) atoms. The molecular formula is C37H47N5O7. The van der Waals surface area contributed by atoms with E-state index in [1.54, 1.807) is 13.0 Å². The van der Waals surface area contributed by atoms with Crippen LogP contribution in [0.25, 0.3) is 0 Å². The third-order valence-corrected chi connectivity index (χ3v) is 8.82. The van der Waals surface area contributed by atoms with Gasteiger partial charge in [0.2, 0.25) is 11.8 Å². The van der Waals surface area contributed by atoms with E-state index in [1.165, 1.54) is 0 Å². The zero-order valence-corrected chi connectivity index (χ0v) is 28.5. The number of ketones is 1. The summed E-state index contributed by atoms with van der Waals surface area (Å²) in [5.41, 5.74) is 0.965. The summed E-state index contributed by atoms with van der Waals surface area (Å²) in [4.78, 5) is 56.8. The smallest absolute Gasteiger partial charge is 0.274 e. The average molecular weight is 674 g/mol. The minimum atomic E-state index is -1.02. The fraction of sp³-hybridized carbons (Fsp3) is 0.486. The summed E-state index contributed by atoms with van der Waals surface area (Å²) in [5.74, 6) is -1.10. The number of ether oxygens (including phenoxy) is 2. The highest BCUT2D eigenvalue weighted by Crippen LogP contribution is 2.29. The zero-order valence-electron chi connectivity index (χ0n) is 28.5. The molecule has 12 nitrogen and oxygen atoms in total. The number of nitrogens with one attached hydrogen (secondary N) is 3. The molecule has 262 valence electrons. The number of amides is 3. The minimum Gasteiger partial charge on any atom is -0.379 e. The van der Waals surface area contributed by atoms with Gasteiger partial charge in [0.1, 0.15) is 17.7 Å². The van der Waals surface area contributed by atoms with Crippen LogP contribution in [0.3, 0.4) is 0 Å². The number of nitrogens with zero attached hydrogens (tertiary/aromatic N) is 2. The fourth-order valence-electron chi connectivity index (χ4n) is 5.86. The van der Waals surface area contributed by atoms with Gasteiger partial charge in [-0.1, -0.05) is 79.7 Å². The molecule has 3 amide bonds. The molecule has 0 bridgehead atoms. The van der Waals surface area contributed by atoms with E-state index in [1.807, 2.05) is 74.5 Å². The maximum atomic E-state index is 14.0. The zero-order chi connectivity index (χ0) is 34.8. The standard InChI is InChI=1S/C37H47N5O7/c1-25(2)20-30(33(43)37(3)24-48-37)39-35(45)31(21-27-12-8-5-9-13-27)40-34(44)29(15-14-26-10-6-4-7-11-26)38-36(46)32-22-28(49-41-32)23-42-16-18-47-19-17-42/h4-13,22,25,29-31H,14-21,23-24H2,1-3H3,(H,38,46)(H,39,45)(H,40,44). The van der Waals surface area contributed by atoms with Crippen LogP contribution in [0.2, 0.25) is 0 Å². The summed E-state index contributed by atoms with van der Waals surface area (Å²) in [5, 5.41) is 12.6. The number of carbonyl (C=O) groups is 4. The van der Waals surface area contributed by atoms with Crippen LogP contribution in [0.4, 0.5) is 0 Å². The van der Waals surface area contributed by atoms with Crippen molar-refractivity contribution >= 4 is 23.5 Å². The molecule has 1 aromatic heterocycles. The van der Waals surface area contributed by atoms with Gasteiger partial charge in [-0.25, -0.2) is 0 Å². The first-order valence-electron chi connectivity index (χ1n) is 17.0. The molecule has 12 heteroatoms. The number of benzene rings is 2. The number of epoxide rings is 1. The summed E-state index contributed by atoms with van der Waals surface area (Å²) < 4.78 is 16.3. The van der Waals surface area contributed by atoms with Gasteiger partial charge >= 0.3 is 0 Å². The molecule has 3 aromatic rings. The number of carbonyl (C=O) groups excluding carboxylic acids is 4. The average Bonchev–Trinajstić information content (AvgIpc) is 3.68. The Labute approximate surface area is 287 Å². The summed E-state index contributed by atoms with van der Waals surface area (Å²) in [6, 6.07) is 17.8. The van der Waals surface area contributed by atoms with Crippen molar-refractivity contribution in [2.24, 2.45) is 5.92 Å². The second kappa shape index (κ2) is 16.8. The molecule has 2 aliphatic rings. The highest BCUT2D eigenvalue weighted by molar-refractivity contribution is 5.99. The van der Waals surface area contributed by atoms with Crippen molar-refractivity contribution in [3.05, 3.63) is 89.3 Å². The molecule has 3 N–H and O–H groups in total. The van der Waals surface area contributed by atoms with Crippen LogP contribution < -0.4 is 16.0 Å². The quantitative estimate of drug-likeness (QED) is 0.184. The molecule has 0 radical (unpaired) electrons. The van der Waals surface area contributed by atoms with Crippen LogP contribution in [0.5, 0.6) is 0 Å². The van der Waals surface area contributed by atoms with Crippen molar-refractivity contribution in [2.75, 3.05) is 32.9 Å². The molecule has 0 saturated carbocycles. The van der Waals surface area contributed by atoms with Crippen molar-refractivity contribution < 1.29 is 33.2 Å². The van der Waals surface area contributed by atoms with Crippen molar-refractivity contribution in [2.45, 2.75) is 76.7 Å². The first-order chi connectivity index (χ1) is 23.6. The number of hydrogen-bond acceptors (Lipinski definition) is 9. The maximum Gasteiger partial charge on any atom is 0.274 e. The van der Waals surface area contributed by atoms with E-state index in [-0.39, 0.29) is 30.2 Å². The normalized spacial score (nSPS) is 19.4. The van der Waals surface area contributed by atoms with Crippen molar-refractivity contribution in [3.63, 3.8) is 0 Å². The number of hydrogen-bond donors (Lipinski definition) is 3. The van der Waals surface area contributed by atoms with Gasteiger partial charge in [-0.3, -0.25) is 24.1 Å². The molecule has 5 rings (SSSR count). The molecule has 2 saturated heterocycles. The van der Waals surface area contributed by atoms with Crippen LogP contribution in [0.15, 0.2) is 71.3 Å². The summed E-state index contributed by atoms with van der Waals surface area (Å²) in [6.07, 6.45) is 1.38. The molecule has 2 aromatic carbocycles. The lowest BCUT2D eigenvalue weighted by molar-refractivity contribution is -0.133. The van der Waals surface area contributed by atoms with Crippen LogP contribution in [0, 0.1) is 5.92 Å². The topological polar surface area (TPSA) is 155 Å². The molecule has 4 atom stereocenters. The monoisotopic (exact) mass is 673 g/mol. The van der Waals surface area contributed by atoms with Gasteiger partial charge in [0.05, 0.1) is 32.4 Å². The van der Waals surface area contributed by atoms with Crippen molar-refractivity contribution in [1.82, 2.24) is 26.0 Å². The lowest BCUT2D eigenvalue weighted by Gasteiger charge is -2.26. The largest absolute Gasteiger partial charge is 0.379 e. The third kappa shape index (κ3) is 10.5. The molecule has 2 aliphatic heterocycles. The second-order valence-electron chi connectivity index (χ2n) is 13.4. The van der Waals surface area contributed by atoms with Crippen LogP contribution >= 0.6 is 0 Å². The molecule has 0 aliphatic carbocycles. The van der Waals surface area contributed by atoms with Crippen molar-refractivity contribution in [3.8, 4) is 0 Å². The predicted octanol–water partition coefficient (Wildman–Crippen LogP) is 2.85. The van der Waals surface area contributed by atoms with E-state index < -0.39 is 41.4 Å². The maximum absolute atomic E-state index is 14.0. The Morgan fingerprint density at radius 1 is 0.857 bits per heavy atom. The Hall–Kier alpha value is -4.39. The fourth-order valence-corrected chi connectivity index (χ4v) is 5.86. The van der Waals surface area contributed by atoms with Gasteiger partial charge in [-0.15, -0.1) is 0 Å². The van der Waals surface area contributed by atoms with E-state index >= 15 is 0 Å². The SMILES string of the molecule is CC(C)CC(NC(=O)C(Cc1ccccc1)NC(=O)C(CCc1ccccc1)NC(=O)c1cc(CN2CCOCC2)on1)C(=O)C1(C)CO1. The van der Waals surface area contributed by atoms with Gasteiger partial charge in [-0.2, -0.15) is 0 Å². The lowest BCUT2D eigenvalue weighted by Crippen LogP contribution is -2.57. The Kier molecular flexibility index (Phi) is 12.3. The second-order valence-corrected chi connectivity index (χ2v) is 13.4. The summed E-state index contributed by atoms with van der Waals surface area (Å²) >= 11 is 0. The van der Waals surface area contributed by atoms with Gasteiger partial charge in [-0.05, 0) is 43.2 Å².